The molecule has 2 N–H and O–H groups in total. The van der Waals surface area contributed by atoms with Gasteiger partial charge in [0.15, 0.2) is 0 Å². The zero-order chi connectivity index (χ0) is 9.19. The van der Waals surface area contributed by atoms with Crippen molar-refractivity contribution in [1.82, 2.24) is 4.31 Å². The van der Waals surface area contributed by atoms with Crippen molar-refractivity contribution >= 4 is 22.4 Å². The molecule has 13 heavy (non-hydrogen) atoms. The van der Waals surface area contributed by atoms with Crippen LogP contribution in [0.1, 0.15) is 0 Å². The number of ether oxygens (including phenoxy) is 1. The van der Waals surface area contributed by atoms with Crippen LogP contribution in [0, 0.1) is 0 Å². The highest BCUT2D eigenvalue weighted by atomic mass is 35.5. The van der Waals surface area contributed by atoms with E-state index in [9.17, 15) is 8.42 Å². The number of rotatable bonds is 2. The van der Waals surface area contributed by atoms with E-state index in [1.165, 1.54) is 10.6 Å². The third kappa shape index (κ3) is 3.78. The minimum absolute atomic E-state index is 0. The van der Waals surface area contributed by atoms with Crippen LogP contribution in [-0.4, -0.2) is 51.3 Å². The predicted octanol–water partition coefficient (Wildman–Crippen LogP) is -0.973. The third-order valence-corrected chi connectivity index (χ3v) is 3.10. The first-order valence-corrected chi connectivity index (χ1v) is 5.65. The molecule has 0 bridgehead atoms. The van der Waals surface area contributed by atoms with Crippen molar-refractivity contribution in [3.63, 3.8) is 0 Å². The zero-order valence-corrected chi connectivity index (χ0v) is 9.10. The molecule has 5 nitrogen and oxygen atoms in total. The van der Waals surface area contributed by atoms with Gasteiger partial charge >= 0.3 is 0 Å². The van der Waals surface area contributed by atoms with Crippen molar-refractivity contribution in [2.45, 2.75) is 6.10 Å². The minimum atomic E-state index is -3.07. The lowest BCUT2D eigenvalue weighted by Crippen LogP contribution is -2.47. The average molecular weight is 231 g/mol. The van der Waals surface area contributed by atoms with Gasteiger partial charge < -0.3 is 10.5 Å². The molecule has 0 radical (unpaired) electrons. The Bertz CT molecular complexity index is 244. The lowest BCUT2D eigenvalue weighted by molar-refractivity contribution is 0.00472. The van der Waals surface area contributed by atoms with Crippen LogP contribution in [0.25, 0.3) is 0 Å². The summed E-state index contributed by atoms with van der Waals surface area (Å²) in [5, 5.41) is 0. The van der Waals surface area contributed by atoms with E-state index in [0.717, 1.165) is 0 Å². The monoisotopic (exact) mass is 230 g/mol. The van der Waals surface area contributed by atoms with Crippen molar-refractivity contribution in [3.8, 4) is 0 Å². The number of nitrogens with zero attached hydrogens (tertiary/aromatic N) is 1. The Morgan fingerprint density at radius 1 is 1.62 bits per heavy atom. The number of sulfonamides is 1. The molecule has 0 aromatic carbocycles. The van der Waals surface area contributed by atoms with Gasteiger partial charge in [-0.3, -0.25) is 0 Å². The molecule has 0 amide bonds. The summed E-state index contributed by atoms with van der Waals surface area (Å²) in [6, 6.07) is 0. The Balaban J connectivity index is 0.00000144. The van der Waals surface area contributed by atoms with Crippen LogP contribution >= 0.6 is 12.4 Å². The van der Waals surface area contributed by atoms with E-state index in [1.54, 1.807) is 0 Å². The standard InChI is InChI=1S/C6H14N2O3S.ClH/c1-12(9,10)8-2-3-11-6(4-7)5-8;/h6H,2-5,7H2,1H3;1H. The molecule has 0 aromatic heterocycles. The molecule has 1 rings (SSSR count). The van der Waals surface area contributed by atoms with Gasteiger partial charge in [-0.25, -0.2) is 8.42 Å². The fourth-order valence-electron chi connectivity index (χ4n) is 1.14. The second kappa shape index (κ2) is 5.11. The summed E-state index contributed by atoms with van der Waals surface area (Å²) in [5.41, 5.74) is 5.36. The quantitative estimate of drug-likeness (QED) is 0.663. The molecule has 1 atom stereocenters. The summed E-state index contributed by atoms with van der Waals surface area (Å²) < 4.78 is 28.8. The van der Waals surface area contributed by atoms with Gasteiger partial charge in [-0.2, -0.15) is 4.31 Å². The molecule has 80 valence electrons. The van der Waals surface area contributed by atoms with Gasteiger partial charge in [0.2, 0.25) is 10.0 Å². The van der Waals surface area contributed by atoms with Crippen LogP contribution in [0.4, 0.5) is 0 Å². The Hall–Kier alpha value is 0.120. The molecule has 1 aliphatic rings. The molecular formula is C6H15ClN2O3S. The minimum Gasteiger partial charge on any atom is -0.374 e. The molecule has 1 aliphatic heterocycles. The molecular weight excluding hydrogens is 216 g/mol. The smallest absolute Gasteiger partial charge is 0.211 e. The van der Waals surface area contributed by atoms with Crippen molar-refractivity contribution in [3.05, 3.63) is 0 Å². The van der Waals surface area contributed by atoms with Crippen molar-refractivity contribution < 1.29 is 13.2 Å². The first-order valence-electron chi connectivity index (χ1n) is 3.81. The normalized spacial score (nSPS) is 25.2. The maximum Gasteiger partial charge on any atom is 0.211 e. The molecule has 0 aliphatic carbocycles. The maximum absolute atomic E-state index is 11.1. The maximum atomic E-state index is 11.1. The number of halogens is 1. The van der Waals surface area contributed by atoms with Crippen LogP contribution in [0.5, 0.6) is 0 Å². The summed E-state index contributed by atoms with van der Waals surface area (Å²) in [6.45, 7) is 1.63. The Morgan fingerprint density at radius 2 is 2.23 bits per heavy atom. The number of hydrogen-bond donors (Lipinski definition) is 1. The lowest BCUT2D eigenvalue weighted by Gasteiger charge is -2.30. The first-order chi connectivity index (χ1) is 5.54. The topological polar surface area (TPSA) is 72.6 Å². The fraction of sp³-hybridized carbons (Fsp3) is 1.00. The van der Waals surface area contributed by atoms with Crippen molar-refractivity contribution in [2.75, 3.05) is 32.5 Å². The molecule has 1 fully saturated rings. The van der Waals surface area contributed by atoms with Gasteiger partial charge in [-0.05, 0) is 0 Å². The van der Waals surface area contributed by atoms with Crippen LogP contribution in [-0.2, 0) is 14.8 Å². The van der Waals surface area contributed by atoms with Gasteiger partial charge in [-0.15, -0.1) is 12.4 Å². The van der Waals surface area contributed by atoms with Crippen LogP contribution in [0.3, 0.4) is 0 Å². The van der Waals surface area contributed by atoms with E-state index in [1.807, 2.05) is 0 Å². The average Bonchev–Trinajstić information content (AvgIpc) is 2.03. The SMILES string of the molecule is CS(=O)(=O)N1CCOC(CN)C1.Cl. The van der Waals surface area contributed by atoms with Crippen molar-refractivity contribution in [2.24, 2.45) is 5.73 Å². The van der Waals surface area contributed by atoms with Crippen LogP contribution in [0.15, 0.2) is 0 Å². The van der Waals surface area contributed by atoms with E-state index in [2.05, 4.69) is 0 Å². The first kappa shape index (κ1) is 13.1. The Morgan fingerprint density at radius 3 is 2.69 bits per heavy atom. The summed E-state index contributed by atoms with van der Waals surface area (Å²) in [6.07, 6.45) is 1.06. The highest BCUT2D eigenvalue weighted by Crippen LogP contribution is 2.07. The summed E-state index contributed by atoms with van der Waals surface area (Å²) >= 11 is 0. The van der Waals surface area contributed by atoms with Gasteiger partial charge in [0.25, 0.3) is 0 Å². The lowest BCUT2D eigenvalue weighted by atomic mass is 10.3. The van der Waals surface area contributed by atoms with E-state index >= 15 is 0 Å². The summed E-state index contributed by atoms with van der Waals surface area (Å²) in [5.74, 6) is 0. The Labute approximate surface area is 84.7 Å². The van der Waals surface area contributed by atoms with E-state index in [4.69, 9.17) is 10.5 Å². The van der Waals surface area contributed by atoms with Gasteiger partial charge in [-0.1, -0.05) is 0 Å². The second-order valence-corrected chi connectivity index (χ2v) is 4.83. The van der Waals surface area contributed by atoms with Crippen molar-refractivity contribution in [1.29, 1.82) is 0 Å². The highest BCUT2D eigenvalue weighted by molar-refractivity contribution is 7.88. The highest BCUT2D eigenvalue weighted by Gasteiger charge is 2.25. The molecule has 7 heteroatoms. The predicted molar refractivity (Wildman–Crippen MR) is 52.5 cm³/mol. The third-order valence-electron chi connectivity index (χ3n) is 1.83. The Kier molecular flexibility index (Phi) is 5.16. The number of nitrogens with two attached hydrogens (primary N) is 1. The van der Waals surface area contributed by atoms with E-state index < -0.39 is 10.0 Å². The van der Waals surface area contributed by atoms with Crippen LogP contribution < -0.4 is 5.73 Å². The molecule has 1 unspecified atom stereocenters. The largest absolute Gasteiger partial charge is 0.374 e. The van der Waals surface area contributed by atoms with Crippen LogP contribution in [0.2, 0.25) is 0 Å². The molecule has 0 aromatic rings. The molecule has 0 saturated carbocycles. The number of hydrogen-bond acceptors (Lipinski definition) is 4. The second-order valence-electron chi connectivity index (χ2n) is 2.85. The van der Waals surface area contributed by atoms with E-state index in [0.29, 0.717) is 26.2 Å². The fourth-order valence-corrected chi connectivity index (χ4v) is 1.98. The molecule has 1 saturated heterocycles. The van der Waals surface area contributed by atoms with Gasteiger partial charge in [0, 0.05) is 19.6 Å². The summed E-state index contributed by atoms with van der Waals surface area (Å²) in [7, 11) is -3.07. The van der Waals surface area contributed by atoms with E-state index in [-0.39, 0.29) is 18.5 Å². The zero-order valence-electron chi connectivity index (χ0n) is 7.47. The molecule has 0 spiro atoms. The summed E-state index contributed by atoms with van der Waals surface area (Å²) in [4.78, 5) is 0. The van der Waals surface area contributed by atoms with Gasteiger partial charge in [0.1, 0.15) is 0 Å². The van der Waals surface area contributed by atoms with Gasteiger partial charge in [0.05, 0.1) is 19.0 Å². The molecule has 1 heterocycles. The number of morpholine rings is 1.